The van der Waals surface area contributed by atoms with Gasteiger partial charge in [-0.25, -0.2) is 0 Å². The molecule has 1 atom stereocenters. The molecule has 6 nitrogen and oxygen atoms in total. The summed E-state index contributed by atoms with van der Waals surface area (Å²) < 4.78 is 16.7. The van der Waals surface area contributed by atoms with E-state index >= 15 is 0 Å². The first-order chi connectivity index (χ1) is 30.5. The van der Waals surface area contributed by atoms with Crippen LogP contribution in [-0.4, -0.2) is 37.2 Å². The zero-order valence-corrected chi connectivity index (χ0v) is 40.4. The molecule has 0 unspecified atom stereocenters. The van der Waals surface area contributed by atoms with Crippen LogP contribution in [0, 0.1) is 0 Å². The van der Waals surface area contributed by atoms with E-state index < -0.39 is 6.10 Å². The summed E-state index contributed by atoms with van der Waals surface area (Å²) in [4.78, 5) is 37.9. The number of carbonyl (C=O) groups excluding carboxylic acids is 3. The Bertz CT molecular complexity index is 1220. The molecule has 0 rings (SSSR count). The van der Waals surface area contributed by atoms with Crippen molar-refractivity contribution in [2.75, 3.05) is 13.2 Å². The fourth-order valence-electron chi connectivity index (χ4n) is 6.76. The zero-order chi connectivity index (χ0) is 45.1. The van der Waals surface area contributed by atoms with Crippen molar-refractivity contribution in [3.05, 3.63) is 85.1 Å². The van der Waals surface area contributed by atoms with Gasteiger partial charge < -0.3 is 14.2 Å². The lowest BCUT2D eigenvalue weighted by molar-refractivity contribution is -0.167. The molecular weight excluding hydrogens is 769 g/mol. The Balaban J connectivity index is 4.50. The van der Waals surface area contributed by atoms with Gasteiger partial charge in [0.05, 0.1) is 0 Å². The van der Waals surface area contributed by atoms with Gasteiger partial charge in [-0.1, -0.05) is 189 Å². The molecule has 62 heavy (non-hydrogen) atoms. The molecule has 0 aromatic heterocycles. The van der Waals surface area contributed by atoms with Crippen LogP contribution in [0.4, 0.5) is 0 Å². The summed E-state index contributed by atoms with van der Waals surface area (Å²) in [5, 5.41) is 0. The van der Waals surface area contributed by atoms with Gasteiger partial charge in [0.1, 0.15) is 13.2 Å². The average molecular weight is 863 g/mol. The first-order valence-electron chi connectivity index (χ1n) is 25.6. The molecule has 0 fully saturated rings. The Hall–Kier alpha value is -3.41. The molecule has 0 bridgehead atoms. The van der Waals surface area contributed by atoms with Crippen LogP contribution in [0.5, 0.6) is 0 Å². The van der Waals surface area contributed by atoms with Crippen LogP contribution >= 0.6 is 0 Å². The third kappa shape index (κ3) is 47.6. The van der Waals surface area contributed by atoms with E-state index in [0.29, 0.717) is 19.3 Å². The third-order valence-electron chi connectivity index (χ3n) is 10.6. The van der Waals surface area contributed by atoms with E-state index in [1.165, 1.54) is 83.5 Å². The maximum absolute atomic E-state index is 12.8. The van der Waals surface area contributed by atoms with Gasteiger partial charge in [0.2, 0.25) is 0 Å². The fourth-order valence-corrected chi connectivity index (χ4v) is 6.76. The number of ether oxygens (including phenoxy) is 3. The third-order valence-corrected chi connectivity index (χ3v) is 10.6. The molecule has 0 saturated carbocycles. The van der Waals surface area contributed by atoms with Crippen molar-refractivity contribution in [1.82, 2.24) is 0 Å². The number of carbonyl (C=O) groups is 3. The molecule has 0 spiro atoms. The average Bonchev–Trinajstić information content (AvgIpc) is 3.27. The second-order valence-electron chi connectivity index (χ2n) is 16.7. The van der Waals surface area contributed by atoms with E-state index in [-0.39, 0.29) is 37.5 Å². The lowest BCUT2D eigenvalue weighted by atomic mass is 10.1. The molecule has 0 amide bonds. The number of rotatable bonds is 45. The normalized spacial score (nSPS) is 12.8. The van der Waals surface area contributed by atoms with Gasteiger partial charge in [0, 0.05) is 19.3 Å². The molecule has 0 aliphatic rings. The summed E-state index contributed by atoms with van der Waals surface area (Å²) in [5.41, 5.74) is 0. The summed E-state index contributed by atoms with van der Waals surface area (Å²) in [6.07, 6.45) is 64.2. The Morgan fingerprint density at radius 2 is 0.645 bits per heavy atom. The van der Waals surface area contributed by atoms with Gasteiger partial charge in [-0.15, -0.1) is 0 Å². The predicted molar refractivity (Wildman–Crippen MR) is 265 cm³/mol. The summed E-state index contributed by atoms with van der Waals surface area (Å²) in [5.74, 6) is -0.982. The van der Waals surface area contributed by atoms with Crippen LogP contribution in [0.1, 0.15) is 233 Å². The number of hydrogen-bond acceptors (Lipinski definition) is 6. The monoisotopic (exact) mass is 863 g/mol. The summed E-state index contributed by atoms with van der Waals surface area (Å²) in [6, 6.07) is 0. The molecule has 0 aliphatic carbocycles. The van der Waals surface area contributed by atoms with Crippen LogP contribution in [0.3, 0.4) is 0 Å². The fraction of sp³-hybridized carbons (Fsp3) is 0.696. The number of unbranched alkanes of at least 4 members (excludes halogenated alkanes) is 20. The van der Waals surface area contributed by atoms with Gasteiger partial charge in [-0.2, -0.15) is 0 Å². The van der Waals surface area contributed by atoms with E-state index in [0.717, 1.165) is 103 Å². The molecule has 6 heteroatoms. The molecule has 0 heterocycles. The Morgan fingerprint density at radius 1 is 0.339 bits per heavy atom. The molecule has 0 aromatic carbocycles. The van der Waals surface area contributed by atoms with Gasteiger partial charge in [0.15, 0.2) is 6.10 Å². The lowest BCUT2D eigenvalue weighted by Crippen LogP contribution is -2.30. The Labute approximate surface area is 382 Å². The lowest BCUT2D eigenvalue weighted by Gasteiger charge is -2.18. The van der Waals surface area contributed by atoms with Crippen molar-refractivity contribution < 1.29 is 28.6 Å². The molecule has 0 aromatic rings. The zero-order valence-electron chi connectivity index (χ0n) is 40.4. The van der Waals surface area contributed by atoms with Crippen LogP contribution in [0.2, 0.25) is 0 Å². The molecule has 0 radical (unpaired) electrons. The minimum Gasteiger partial charge on any atom is -0.462 e. The summed E-state index contributed by atoms with van der Waals surface area (Å²) in [7, 11) is 0. The highest BCUT2D eigenvalue weighted by Crippen LogP contribution is 2.13. The van der Waals surface area contributed by atoms with E-state index in [4.69, 9.17) is 14.2 Å². The smallest absolute Gasteiger partial charge is 0.306 e. The Morgan fingerprint density at radius 3 is 1.08 bits per heavy atom. The van der Waals surface area contributed by atoms with Crippen LogP contribution < -0.4 is 0 Å². The van der Waals surface area contributed by atoms with Crippen LogP contribution in [0.15, 0.2) is 85.1 Å². The second kappa shape index (κ2) is 50.2. The van der Waals surface area contributed by atoms with Crippen LogP contribution in [0.25, 0.3) is 0 Å². The predicted octanol–water partition coefficient (Wildman–Crippen LogP) is 16.8. The number of hydrogen-bond donors (Lipinski definition) is 0. The second-order valence-corrected chi connectivity index (χ2v) is 16.7. The van der Waals surface area contributed by atoms with Gasteiger partial charge in [0.25, 0.3) is 0 Å². The van der Waals surface area contributed by atoms with Crippen molar-refractivity contribution in [3.63, 3.8) is 0 Å². The van der Waals surface area contributed by atoms with E-state index in [9.17, 15) is 14.4 Å². The number of esters is 3. The SMILES string of the molecule is CC/C=C/C/C=C/C/C=C/C/C=C/C/C=C/CCCC(=O)OC[C@@H](COC(=O)CCCCCCC/C=C/CCCCCC)OC(=O)CCCCCCC/C=C/CCCCCCC. The van der Waals surface area contributed by atoms with Crippen molar-refractivity contribution in [2.24, 2.45) is 0 Å². The van der Waals surface area contributed by atoms with E-state index in [1.807, 2.05) is 0 Å². The first-order valence-corrected chi connectivity index (χ1v) is 25.6. The number of allylic oxidation sites excluding steroid dienone is 14. The van der Waals surface area contributed by atoms with Gasteiger partial charge in [-0.3, -0.25) is 14.4 Å². The molecular formula is C56H94O6. The topological polar surface area (TPSA) is 78.9 Å². The summed E-state index contributed by atoms with van der Waals surface area (Å²) in [6.45, 7) is 6.43. The molecule has 0 aliphatic heterocycles. The maximum Gasteiger partial charge on any atom is 0.306 e. The first kappa shape index (κ1) is 58.6. The standard InChI is InChI=1S/C56H94O6/c1-4-7-10-13-16-19-22-25-27-28-29-32-34-37-40-43-46-49-55(58)61-52-53(51-60-54(57)48-45-42-39-36-33-30-24-21-18-15-12-9-6-3)62-56(59)50-47-44-41-38-35-31-26-23-20-17-14-11-8-5-2/h7,10,16,19,21,23-27,29,32,37,40,53H,4-6,8-9,11-15,17-18,20,22,28,30-31,33-36,38-39,41-52H2,1-3H3/b10-7+,19-16+,24-21+,26-23+,27-25+,32-29+,40-37+/t53-/m1/s1. The van der Waals surface area contributed by atoms with Crippen molar-refractivity contribution in [3.8, 4) is 0 Å². The van der Waals surface area contributed by atoms with Gasteiger partial charge >= 0.3 is 17.9 Å². The minimum atomic E-state index is -0.806. The molecule has 354 valence electrons. The Kier molecular flexibility index (Phi) is 47.5. The van der Waals surface area contributed by atoms with Crippen molar-refractivity contribution >= 4 is 17.9 Å². The van der Waals surface area contributed by atoms with Gasteiger partial charge in [-0.05, 0) is 109 Å². The van der Waals surface area contributed by atoms with Crippen molar-refractivity contribution in [2.45, 2.75) is 239 Å². The highest BCUT2D eigenvalue weighted by molar-refractivity contribution is 5.71. The highest BCUT2D eigenvalue weighted by Gasteiger charge is 2.19. The van der Waals surface area contributed by atoms with E-state index in [1.54, 1.807) is 0 Å². The maximum atomic E-state index is 12.8. The minimum absolute atomic E-state index is 0.102. The molecule has 0 N–H and O–H groups in total. The largest absolute Gasteiger partial charge is 0.462 e. The summed E-state index contributed by atoms with van der Waals surface area (Å²) >= 11 is 0. The van der Waals surface area contributed by atoms with Crippen LogP contribution in [-0.2, 0) is 28.6 Å². The molecule has 0 saturated heterocycles. The highest BCUT2D eigenvalue weighted by atomic mass is 16.6. The van der Waals surface area contributed by atoms with Crippen molar-refractivity contribution in [1.29, 1.82) is 0 Å². The quantitative estimate of drug-likeness (QED) is 0.0263. The van der Waals surface area contributed by atoms with E-state index in [2.05, 4.69) is 106 Å².